The first-order valence-corrected chi connectivity index (χ1v) is 7.47. The van der Waals surface area contributed by atoms with Gasteiger partial charge in [-0.15, -0.1) is 0 Å². The minimum absolute atomic E-state index is 0.0960. The van der Waals surface area contributed by atoms with Crippen LogP contribution < -0.4 is 5.73 Å². The average Bonchev–Trinajstić information content (AvgIpc) is 2.46. The standard InChI is InChI=1S/C14H23N3O4/c1-9-7-10(13(19)20)4-6-17(9)14(21)16-5-2-3-11(8-16)12(15)18/h9-11H,2-8H2,1H3,(H2,15,18)(H,19,20). The lowest BCUT2D eigenvalue weighted by molar-refractivity contribution is -0.143. The highest BCUT2D eigenvalue weighted by atomic mass is 16.4. The van der Waals surface area contributed by atoms with E-state index in [1.54, 1.807) is 9.80 Å². The average molecular weight is 297 g/mol. The van der Waals surface area contributed by atoms with E-state index in [0.717, 1.165) is 12.8 Å². The molecule has 7 nitrogen and oxygen atoms in total. The Morgan fingerprint density at radius 3 is 2.43 bits per heavy atom. The molecule has 3 atom stereocenters. The van der Waals surface area contributed by atoms with Crippen LogP contribution in [0.3, 0.4) is 0 Å². The third kappa shape index (κ3) is 3.46. The third-order valence-electron chi connectivity index (χ3n) is 4.57. The number of piperidine rings is 2. The zero-order chi connectivity index (χ0) is 15.6. The number of nitrogens with two attached hydrogens (primary N) is 1. The Kier molecular flexibility index (Phi) is 4.69. The molecule has 0 aromatic carbocycles. The third-order valence-corrected chi connectivity index (χ3v) is 4.57. The van der Waals surface area contributed by atoms with Crippen molar-refractivity contribution in [2.24, 2.45) is 17.6 Å². The maximum atomic E-state index is 12.6. The number of carboxylic acids is 1. The summed E-state index contributed by atoms with van der Waals surface area (Å²) in [4.78, 5) is 38.3. The normalized spacial score (nSPS) is 30.0. The highest BCUT2D eigenvalue weighted by Crippen LogP contribution is 2.25. The molecule has 0 aromatic heterocycles. The molecule has 0 saturated carbocycles. The second-order valence-electron chi connectivity index (χ2n) is 6.07. The number of primary amides is 1. The summed E-state index contributed by atoms with van der Waals surface area (Å²) in [6.07, 6.45) is 2.47. The van der Waals surface area contributed by atoms with Gasteiger partial charge in [-0.1, -0.05) is 0 Å². The highest BCUT2D eigenvalue weighted by molar-refractivity contribution is 5.80. The summed E-state index contributed by atoms with van der Waals surface area (Å²) in [6.45, 7) is 3.34. The van der Waals surface area contributed by atoms with Crippen LogP contribution in [0.15, 0.2) is 0 Å². The molecule has 2 rings (SSSR count). The maximum Gasteiger partial charge on any atom is 0.320 e. The van der Waals surface area contributed by atoms with Crippen LogP contribution in [0.5, 0.6) is 0 Å². The molecule has 2 saturated heterocycles. The molecule has 3 amide bonds. The number of hydrogen-bond donors (Lipinski definition) is 2. The molecule has 2 heterocycles. The van der Waals surface area contributed by atoms with Crippen molar-refractivity contribution in [2.45, 2.75) is 38.6 Å². The number of amides is 3. The first kappa shape index (κ1) is 15.6. The molecule has 0 aromatic rings. The van der Waals surface area contributed by atoms with Gasteiger partial charge in [0.05, 0.1) is 11.8 Å². The SMILES string of the molecule is CC1CC(C(=O)O)CCN1C(=O)N1CCCC(C(N)=O)C1. The summed E-state index contributed by atoms with van der Waals surface area (Å²) in [6, 6.07) is -0.196. The molecular formula is C14H23N3O4. The van der Waals surface area contributed by atoms with Crippen molar-refractivity contribution in [3.05, 3.63) is 0 Å². The predicted molar refractivity (Wildman–Crippen MR) is 75.4 cm³/mol. The van der Waals surface area contributed by atoms with E-state index >= 15 is 0 Å². The van der Waals surface area contributed by atoms with Crippen LogP contribution >= 0.6 is 0 Å². The predicted octanol–water partition coefficient (Wildman–Crippen LogP) is 0.489. The number of hydrogen-bond acceptors (Lipinski definition) is 3. The Balaban J connectivity index is 1.97. The Labute approximate surface area is 124 Å². The topological polar surface area (TPSA) is 104 Å². The number of rotatable bonds is 2. The number of carbonyl (C=O) groups is 3. The van der Waals surface area contributed by atoms with E-state index in [4.69, 9.17) is 10.8 Å². The lowest BCUT2D eigenvalue weighted by atomic mass is 9.91. The first-order chi connectivity index (χ1) is 9.90. The van der Waals surface area contributed by atoms with Gasteiger partial charge in [0.15, 0.2) is 0 Å². The van der Waals surface area contributed by atoms with Crippen LogP contribution in [0, 0.1) is 11.8 Å². The second kappa shape index (κ2) is 6.32. The molecule has 0 spiro atoms. The monoisotopic (exact) mass is 297 g/mol. The Hall–Kier alpha value is -1.79. The maximum absolute atomic E-state index is 12.6. The van der Waals surface area contributed by atoms with E-state index < -0.39 is 5.97 Å². The van der Waals surface area contributed by atoms with E-state index in [-0.39, 0.29) is 29.8 Å². The van der Waals surface area contributed by atoms with E-state index in [1.165, 1.54) is 0 Å². The summed E-state index contributed by atoms with van der Waals surface area (Å²) in [5, 5.41) is 9.06. The summed E-state index contributed by atoms with van der Waals surface area (Å²) < 4.78 is 0. The van der Waals surface area contributed by atoms with Crippen molar-refractivity contribution in [3.8, 4) is 0 Å². The lowest BCUT2D eigenvalue weighted by Gasteiger charge is -2.41. The summed E-state index contributed by atoms with van der Waals surface area (Å²) in [5.74, 6) is -1.79. The van der Waals surface area contributed by atoms with Gasteiger partial charge in [0.25, 0.3) is 0 Å². The molecule has 21 heavy (non-hydrogen) atoms. The van der Waals surface area contributed by atoms with E-state index in [1.807, 2.05) is 6.92 Å². The van der Waals surface area contributed by atoms with E-state index in [9.17, 15) is 14.4 Å². The van der Waals surface area contributed by atoms with Crippen molar-refractivity contribution < 1.29 is 19.5 Å². The van der Waals surface area contributed by atoms with Gasteiger partial charge in [-0.05, 0) is 32.6 Å². The molecular weight excluding hydrogens is 274 g/mol. The van der Waals surface area contributed by atoms with Crippen LogP contribution in [0.1, 0.15) is 32.6 Å². The van der Waals surface area contributed by atoms with Crippen LogP contribution in [-0.2, 0) is 9.59 Å². The Bertz CT molecular complexity index is 440. The lowest BCUT2D eigenvalue weighted by Crippen LogP contribution is -2.54. The minimum Gasteiger partial charge on any atom is -0.481 e. The number of carboxylic acid groups (broad SMARTS) is 1. The van der Waals surface area contributed by atoms with Crippen LogP contribution in [0.2, 0.25) is 0 Å². The molecule has 2 fully saturated rings. The van der Waals surface area contributed by atoms with Crippen LogP contribution in [0.25, 0.3) is 0 Å². The number of likely N-dealkylation sites (tertiary alicyclic amines) is 2. The summed E-state index contributed by atoms with van der Waals surface area (Å²) >= 11 is 0. The van der Waals surface area contributed by atoms with Gasteiger partial charge in [-0.2, -0.15) is 0 Å². The Morgan fingerprint density at radius 1 is 1.14 bits per heavy atom. The van der Waals surface area contributed by atoms with Crippen molar-refractivity contribution in [1.82, 2.24) is 9.80 Å². The van der Waals surface area contributed by atoms with Crippen molar-refractivity contribution in [2.75, 3.05) is 19.6 Å². The van der Waals surface area contributed by atoms with Gasteiger partial charge in [0, 0.05) is 25.7 Å². The Morgan fingerprint density at radius 2 is 1.86 bits per heavy atom. The molecule has 7 heteroatoms. The summed E-state index contributed by atoms with van der Waals surface area (Å²) in [7, 11) is 0. The summed E-state index contributed by atoms with van der Waals surface area (Å²) in [5.41, 5.74) is 5.33. The quantitative estimate of drug-likeness (QED) is 0.774. The van der Waals surface area contributed by atoms with Gasteiger partial charge < -0.3 is 20.6 Å². The fraction of sp³-hybridized carbons (Fsp3) is 0.786. The van der Waals surface area contributed by atoms with Crippen molar-refractivity contribution >= 4 is 17.9 Å². The molecule has 0 aliphatic carbocycles. The second-order valence-corrected chi connectivity index (χ2v) is 6.07. The van der Waals surface area contributed by atoms with Gasteiger partial charge in [0.2, 0.25) is 5.91 Å². The molecule has 0 bridgehead atoms. The molecule has 3 N–H and O–H groups in total. The fourth-order valence-electron chi connectivity index (χ4n) is 3.25. The van der Waals surface area contributed by atoms with E-state index in [2.05, 4.69) is 0 Å². The first-order valence-electron chi connectivity index (χ1n) is 7.47. The van der Waals surface area contributed by atoms with Crippen molar-refractivity contribution in [3.63, 3.8) is 0 Å². The zero-order valence-electron chi connectivity index (χ0n) is 12.3. The highest BCUT2D eigenvalue weighted by Gasteiger charge is 2.36. The molecule has 2 aliphatic heterocycles. The fourth-order valence-corrected chi connectivity index (χ4v) is 3.25. The molecule has 3 unspecified atom stereocenters. The molecule has 0 radical (unpaired) electrons. The minimum atomic E-state index is -0.791. The largest absolute Gasteiger partial charge is 0.481 e. The smallest absolute Gasteiger partial charge is 0.320 e. The molecule has 2 aliphatic rings. The molecule has 118 valence electrons. The number of carbonyl (C=O) groups excluding carboxylic acids is 2. The van der Waals surface area contributed by atoms with Gasteiger partial charge >= 0.3 is 12.0 Å². The van der Waals surface area contributed by atoms with Gasteiger partial charge in [-0.3, -0.25) is 9.59 Å². The number of aliphatic carboxylic acids is 1. The van der Waals surface area contributed by atoms with Gasteiger partial charge in [-0.25, -0.2) is 4.79 Å². The number of urea groups is 1. The van der Waals surface area contributed by atoms with E-state index in [0.29, 0.717) is 32.5 Å². The number of nitrogens with zero attached hydrogens (tertiary/aromatic N) is 2. The van der Waals surface area contributed by atoms with Crippen LogP contribution in [0.4, 0.5) is 4.79 Å². The zero-order valence-corrected chi connectivity index (χ0v) is 12.3. The van der Waals surface area contributed by atoms with Crippen molar-refractivity contribution in [1.29, 1.82) is 0 Å². The van der Waals surface area contributed by atoms with Gasteiger partial charge in [0.1, 0.15) is 0 Å². The van der Waals surface area contributed by atoms with Crippen LogP contribution in [-0.4, -0.2) is 58.5 Å².